The molecule has 5 heteroatoms. The second-order valence-electron chi connectivity index (χ2n) is 6.67. The molecule has 0 atom stereocenters. The van der Waals surface area contributed by atoms with Crippen LogP contribution in [0.4, 0.5) is 0 Å². The summed E-state index contributed by atoms with van der Waals surface area (Å²) in [6.07, 6.45) is 5.67. The number of methoxy groups -OCH3 is 1. The summed E-state index contributed by atoms with van der Waals surface area (Å²) in [6.45, 7) is 3.18. The summed E-state index contributed by atoms with van der Waals surface area (Å²) in [6, 6.07) is 6.73. The summed E-state index contributed by atoms with van der Waals surface area (Å²) in [4.78, 5) is 14.8. The molecule has 1 aliphatic heterocycles. The van der Waals surface area contributed by atoms with Gasteiger partial charge in [-0.15, -0.1) is 0 Å². The van der Waals surface area contributed by atoms with Gasteiger partial charge in [0, 0.05) is 32.7 Å². The van der Waals surface area contributed by atoms with Crippen molar-refractivity contribution in [1.82, 2.24) is 10.2 Å². The third-order valence-electron chi connectivity index (χ3n) is 4.95. The van der Waals surface area contributed by atoms with E-state index in [4.69, 9.17) is 9.47 Å². The Morgan fingerprint density at radius 3 is 3.00 bits per heavy atom. The fraction of sp³-hybridized carbons (Fsp3) is 0.632. The van der Waals surface area contributed by atoms with Gasteiger partial charge in [0.1, 0.15) is 5.75 Å². The van der Waals surface area contributed by atoms with Crippen LogP contribution in [0.1, 0.15) is 36.8 Å². The molecular formula is C19H28N2O3. The molecule has 24 heavy (non-hydrogen) atoms. The molecule has 3 rings (SSSR count). The van der Waals surface area contributed by atoms with Crippen LogP contribution in [0.25, 0.3) is 0 Å². The van der Waals surface area contributed by atoms with Gasteiger partial charge < -0.3 is 19.7 Å². The van der Waals surface area contributed by atoms with Crippen LogP contribution in [-0.4, -0.2) is 50.3 Å². The molecule has 1 aromatic carbocycles. The molecule has 1 fully saturated rings. The lowest BCUT2D eigenvalue weighted by atomic mass is 10.1. The third kappa shape index (κ3) is 4.28. The standard InChI is InChI=1S/C19H28N2O3/c1-23-11-9-20-13-19(22)21(17-4-2-3-5-17)14-15-6-7-18-16(12-15)8-10-24-18/h6-7,12,17,20H,2-5,8-11,13-14H2,1H3. The molecule has 0 bridgehead atoms. The highest BCUT2D eigenvalue weighted by molar-refractivity contribution is 5.78. The number of carbonyl (C=O) groups excluding carboxylic acids is 1. The molecule has 1 aliphatic carbocycles. The highest BCUT2D eigenvalue weighted by Gasteiger charge is 2.26. The number of ether oxygens (including phenoxy) is 2. The molecule has 0 saturated heterocycles. The van der Waals surface area contributed by atoms with E-state index in [1.807, 2.05) is 6.07 Å². The Hall–Kier alpha value is -1.59. The van der Waals surface area contributed by atoms with Crippen LogP contribution in [0.15, 0.2) is 18.2 Å². The molecule has 1 amide bonds. The van der Waals surface area contributed by atoms with E-state index in [2.05, 4.69) is 22.3 Å². The van der Waals surface area contributed by atoms with Gasteiger partial charge in [-0.05, 0) is 30.0 Å². The monoisotopic (exact) mass is 332 g/mol. The molecule has 1 heterocycles. The van der Waals surface area contributed by atoms with Gasteiger partial charge in [-0.2, -0.15) is 0 Å². The Balaban J connectivity index is 1.64. The maximum atomic E-state index is 12.7. The first-order chi connectivity index (χ1) is 11.8. The molecule has 2 aliphatic rings. The predicted molar refractivity (Wildman–Crippen MR) is 93.2 cm³/mol. The molecule has 1 saturated carbocycles. The Kier molecular flexibility index (Phi) is 6.10. The van der Waals surface area contributed by atoms with Crippen molar-refractivity contribution in [2.24, 2.45) is 0 Å². The summed E-state index contributed by atoms with van der Waals surface area (Å²) in [7, 11) is 1.67. The number of amides is 1. The Labute approximate surface area is 144 Å². The lowest BCUT2D eigenvalue weighted by Crippen LogP contribution is -2.43. The second-order valence-corrected chi connectivity index (χ2v) is 6.67. The topological polar surface area (TPSA) is 50.8 Å². The van der Waals surface area contributed by atoms with Crippen molar-refractivity contribution in [2.45, 2.75) is 44.7 Å². The van der Waals surface area contributed by atoms with E-state index >= 15 is 0 Å². The Bertz CT molecular complexity index is 556. The highest BCUT2D eigenvalue weighted by Crippen LogP contribution is 2.29. The van der Waals surface area contributed by atoms with Gasteiger partial charge in [0.15, 0.2) is 0 Å². The molecule has 1 N–H and O–H groups in total. The van der Waals surface area contributed by atoms with Gasteiger partial charge in [0.05, 0.1) is 19.8 Å². The highest BCUT2D eigenvalue weighted by atomic mass is 16.5. The fourth-order valence-corrected chi connectivity index (χ4v) is 3.64. The Morgan fingerprint density at radius 1 is 1.38 bits per heavy atom. The molecule has 0 aromatic heterocycles. The molecule has 0 spiro atoms. The predicted octanol–water partition coefficient (Wildman–Crippen LogP) is 2.13. The van der Waals surface area contributed by atoms with Crippen molar-refractivity contribution in [2.75, 3.05) is 33.4 Å². The zero-order valence-corrected chi connectivity index (χ0v) is 14.6. The van der Waals surface area contributed by atoms with E-state index < -0.39 is 0 Å². The molecule has 0 radical (unpaired) electrons. The molecule has 132 valence electrons. The van der Waals surface area contributed by atoms with E-state index in [1.165, 1.54) is 24.0 Å². The number of hydrogen-bond donors (Lipinski definition) is 1. The minimum atomic E-state index is 0.190. The fourth-order valence-electron chi connectivity index (χ4n) is 3.64. The summed E-state index contributed by atoms with van der Waals surface area (Å²) in [5.74, 6) is 1.19. The summed E-state index contributed by atoms with van der Waals surface area (Å²) in [5, 5.41) is 3.18. The zero-order valence-electron chi connectivity index (χ0n) is 14.6. The minimum absolute atomic E-state index is 0.190. The van der Waals surface area contributed by atoms with Crippen molar-refractivity contribution in [3.05, 3.63) is 29.3 Å². The number of benzene rings is 1. The molecule has 0 unspecified atom stereocenters. The van der Waals surface area contributed by atoms with E-state index in [-0.39, 0.29) is 5.91 Å². The summed E-state index contributed by atoms with van der Waals surface area (Å²) < 4.78 is 10.6. The quantitative estimate of drug-likeness (QED) is 0.741. The van der Waals surface area contributed by atoms with E-state index in [9.17, 15) is 4.79 Å². The first-order valence-electron chi connectivity index (χ1n) is 9.01. The van der Waals surface area contributed by atoms with Crippen LogP contribution in [0.3, 0.4) is 0 Å². The largest absolute Gasteiger partial charge is 0.493 e. The average Bonchev–Trinajstić information content (AvgIpc) is 3.27. The van der Waals surface area contributed by atoms with Gasteiger partial charge in [-0.25, -0.2) is 0 Å². The number of nitrogens with one attached hydrogen (secondary N) is 1. The number of hydrogen-bond acceptors (Lipinski definition) is 4. The summed E-state index contributed by atoms with van der Waals surface area (Å²) in [5.41, 5.74) is 2.47. The number of carbonyl (C=O) groups is 1. The van der Waals surface area contributed by atoms with Crippen LogP contribution in [0, 0.1) is 0 Å². The van der Waals surface area contributed by atoms with Gasteiger partial charge >= 0.3 is 0 Å². The SMILES string of the molecule is COCCNCC(=O)N(Cc1ccc2c(c1)CCO2)C1CCCC1. The van der Waals surface area contributed by atoms with Crippen LogP contribution < -0.4 is 10.1 Å². The third-order valence-corrected chi connectivity index (χ3v) is 4.95. The van der Waals surface area contributed by atoms with Crippen molar-refractivity contribution < 1.29 is 14.3 Å². The van der Waals surface area contributed by atoms with Gasteiger partial charge in [-0.3, -0.25) is 4.79 Å². The first-order valence-corrected chi connectivity index (χ1v) is 9.01. The maximum absolute atomic E-state index is 12.7. The van der Waals surface area contributed by atoms with E-state index in [0.29, 0.717) is 32.3 Å². The Morgan fingerprint density at radius 2 is 2.21 bits per heavy atom. The lowest BCUT2D eigenvalue weighted by Gasteiger charge is -2.29. The van der Waals surface area contributed by atoms with Crippen LogP contribution >= 0.6 is 0 Å². The number of fused-ring (bicyclic) bond motifs is 1. The average molecular weight is 332 g/mol. The molecular weight excluding hydrogens is 304 g/mol. The van der Waals surface area contributed by atoms with Gasteiger partial charge in [-0.1, -0.05) is 25.0 Å². The molecule has 1 aromatic rings. The first kappa shape index (κ1) is 17.2. The van der Waals surface area contributed by atoms with Crippen molar-refractivity contribution >= 4 is 5.91 Å². The van der Waals surface area contributed by atoms with Crippen LogP contribution in [-0.2, 0) is 22.5 Å². The van der Waals surface area contributed by atoms with E-state index in [1.54, 1.807) is 7.11 Å². The summed E-state index contributed by atoms with van der Waals surface area (Å²) >= 11 is 0. The van der Waals surface area contributed by atoms with E-state index in [0.717, 1.165) is 31.6 Å². The smallest absolute Gasteiger partial charge is 0.237 e. The lowest BCUT2D eigenvalue weighted by molar-refractivity contribution is -0.133. The maximum Gasteiger partial charge on any atom is 0.237 e. The van der Waals surface area contributed by atoms with Crippen molar-refractivity contribution in [3.63, 3.8) is 0 Å². The van der Waals surface area contributed by atoms with Gasteiger partial charge in [0.25, 0.3) is 0 Å². The molecule has 5 nitrogen and oxygen atoms in total. The van der Waals surface area contributed by atoms with Crippen LogP contribution in [0.2, 0.25) is 0 Å². The zero-order chi connectivity index (χ0) is 16.8. The minimum Gasteiger partial charge on any atom is -0.493 e. The second kappa shape index (κ2) is 8.49. The normalized spacial score (nSPS) is 16.9. The van der Waals surface area contributed by atoms with Crippen molar-refractivity contribution in [3.8, 4) is 5.75 Å². The number of rotatable bonds is 8. The van der Waals surface area contributed by atoms with Crippen LogP contribution in [0.5, 0.6) is 5.75 Å². The number of nitrogens with zero attached hydrogens (tertiary/aromatic N) is 1. The van der Waals surface area contributed by atoms with Crippen molar-refractivity contribution in [1.29, 1.82) is 0 Å². The van der Waals surface area contributed by atoms with Gasteiger partial charge in [0.2, 0.25) is 5.91 Å².